The molecule has 17 heavy (non-hydrogen) atoms. The van der Waals surface area contributed by atoms with Crippen LogP contribution in [0.25, 0.3) is 0 Å². The topological polar surface area (TPSA) is 74.6 Å². The zero-order valence-electron chi connectivity index (χ0n) is 9.15. The van der Waals surface area contributed by atoms with E-state index in [0.717, 1.165) is 12.1 Å². The lowest BCUT2D eigenvalue weighted by atomic mass is 10.0. The molecular formula is C12H13FO4. The number of carbonyl (C=O) groups is 2. The van der Waals surface area contributed by atoms with Crippen molar-refractivity contribution in [1.82, 2.24) is 0 Å². The molecule has 0 aromatic heterocycles. The van der Waals surface area contributed by atoms with Gasteiger partial charge in [0.2, 0.25) is 0 Å². The summed E-state index contributed by atoms with van der Waals surface area (Å²) >= 11 is 0. The van der Waals surface area contributed by atoms with Crippen molar-refractivity contribution in [2.24, 2.45) is 0 Å². The maximum absolute atomic E-state index is 12.7. The summed E-state index contributed by atoms with van der Waals surface area (Å²) in [6.45, 7) is 0. The van der Waals surface area contributed by atoms with Gasteiger partial charge in [-0.25, -0.2) is 4.39 Å². The number of hydrogen-bond donors (Lipinski definition) is 2. The van der Waals surface area contributed by atoms with Crippen LogP contribution in [0.5, 0.6) is 5.75 Å². The predicted octanol–water partition coefficient (Wildman–Crippen LogP) is 2.36. The monoisotopic (exact) mass is 240 g/mol. The Morgan fingerprint density at radius 2 is 1.82 bits per heavy atom. The van der Waals surface area contributed by atoms with Crippen molar-refractivity contribution in [3.8, 4) is 5.75 Å². The first-order valence-electron chi connectivity index (χ1n) is 5.24. The zero-order chi connectivity index (χ0) is 12.8. The smallest absolute Gasteiger partial charge is 0.303 e. The first-order valence-corrected chi connectivity index (χ1v) is 5.24. The summed E-state index contributed by atoms with van der Waals surface area (Å²) in [5.74, 6) is -2.45. The van der Waals surface area contributed by atoms with Gasteiger partial charge in [0.15, 0.2) is 17.3 Å². The van der Waals surface area contributed by atoms with Gasteiger partial charge in [0.25, 0.3) is 0 Å². The van der Waals surface area contributed by atoms with Crippen molar-refractivity contribution >= 4 is 11.8 Å². The molecule has 5 heteroatoms. The molecular weight excluding hydrogens is 227 g/mol. The number of hydrogen-bond acceptors (Lipinski definition) is 3. The SMILES string of the molecule is O=C(O)CCCCC(=O)c1ccc(F)c(O)c1. The van der Waals surface area contributed by atoms with E-state index in [9.17, 15) is 14.0 Å². The van der Waals surface area contributed by atoms with Crippen molar-refractivity contribution in [2.75, 3.05) is 0 Å². The minimum atomic E-state index is -0.892. The number of aliphatic carboxylic acids is 1. The third-order valence-electron chi connectivity index (χ3n) is 2.31. The Kier molecular flexibility index (Phi) is 4.63. The van der Waals surface area contributed by atoms with Crippen LogP contribution in [0, 0.1) is 5.82 Å². The lowest BCUT2D eigenvalue weighted by Gasteiger charge is -2.02. The van der Waals surface area contributed by atoms with Crippen LogP contribution in [0.2, 0.25) is 0 Å². The van der Waals surface area contributed by atoms with E-state index in [1.165, 1.54) is 6.07 Å². The molecule has 0 aliphatic carbocycles. The molecule has 0 heterocycles. The molecule has 1 aromatic carbocycles. The highest BCUT2D eigenvalue weighted by Crippen LogP contribution is 2.18. The molecule has 1 aromatic rings. The summed E-state index contributed by atoms with van der Waals surface area (Å²) in [6, 6.07) is 3.41. The first-order chi connectivity index (χ1) is 8.00. The normalized spacial score (nSPS) is 10.2. The van der Waals surface area contributed by atoms with Crippen LogP contribution in [0.4, 0.5) is 4.39 Å². The number of carbonyl (C=O) groups excluding carboxylic acids is 1. The third kappa shape index (κ3) is 4.22. The summed E-state index contributed by atoms with van der Waals surface area (Å²) in [6.07, 6.45) is 1.11. The summed E-state index contributed by atoms with van der Waals surface area (Å²) in [5.41, 5.74) is 0.235. The number of Topliss-reactive ketones (excluding diaryl/α,β-unsaturated/α-hetero) is 1. The molecule has 1 rings (SSSR count). The Morgan fingerprint density at radius 3 is 2.41 bits per heavy atom. The predicted molar refractivity (Wildman–Crippen MR) is 58.5 cm³/mol. The van der Waals surface area contributed by atoms with Crippen LogP contribution in [0.3, 0.4) is 0 Å². The number of unbranched alkanes of at least 4 members (excludes halogenated alkanes) is 1. The number of rotatable bonds is 6. The minimum Gasteiger partial charge on any atom is -0.505 e. The Labute approximate surface area is 97.7 Å². The number of ketones is 1. The average Bonchev–Trinajstić information content (AvgIpc) is 2.27. The molecule has 92 valence electrons. The Hall–Kier alpha value is -1.91. The van der Waals surface area contributed by atoms with Gasteiger partial charge in [-0.2, -0.15) is 0 Å². The third-order valence-corrected chi connectivity index (χ3v) is 2.31. The Balaban J connectivity index is 2.47. The van der Waals surface area contributed by atoms with Crippen LogP contribution in [0.15, 0.2) is 18.2 Å². The second kappa shape index (κ2) is 5.98. The quantitative estimate of drug-likeness (QED) is 0.591. The number of carboxylic acid groups (broad SMARTS) is 1. The second-order valence-corrected chi connectivity index (χ2v) is 3.69. The fraction of sp³-hybridized carbons (Fsp3) is 0.333. The van der Waals surface area contributed by atoms with Crippen molar-refractivity contribution in [1.29, 1.82) is 0 Å². The molecule has 0 aliphatic rings. The molecule has 0 atom stereocenters. The van der Waals surface area contributed by atoms with Gasteiger partial charge >= 0.3 is 5.97 Å². The van der Waals surface area contributed by atoms with Gasteiger partial charge in [0.1, 0.15) is 0 Å². The van der Waals surface area contributed by atoms with Crippen molar-refractivity contribution in [3.05, 3.63) is 29.6 Å². The maximum atomic E-state index is 12.7. The minimum absolute atomic E-state index is 0.0297. The largest absolute Gasteiger partial charge is 0.505 e. The molecule has 0 fully saturated rings. The van der Waals surface area contributed by atoms with E-state index >= 15 is 0 Å². The first kappa shape index (κ1) is 13.2. The van der Waals surface area contributed by atoms with E-state index in [1.807, 2.05) is 0 Å². The number of phenolic OH excluding ortho intramolecular Hbond substituents is 1. The zero-order valence-corrected chi connectivity index (χ0v) is 9.15. The van der Waals surface area contributed by atoms with Crippen LogP contribution in [0.1, 0.15) is 36.0 Å². The van der Waals surface area contributed by atoms with E-state index in [-0.39, 0.29) is 24.2 Å². The number of benzene rings is 1. The van der Waals surface area contributed by atoms with Gasteiger partial charge in [-0.3, -0.25) is 9.59 Å². The van der Waals surface area contributed by atoms with Gasteiger partial charge in [0.05, 0.1) is 0 Å². The Morgan fingerprint density at radius 1 is 1.18 bits per heavy atom. The van der Waals surface area contributed by atoms with E-state index in [1.54, 1.807) is 0 Å². The van der Waals surface area contributed by atoms with Gasteiger partial charge in [-0.05, 0) is 31.0 Å². The van der Waals surface area contributed by atoms with Gasteiger partial charge in [0, 0.05) is 18.4 Å². The van der Waals surface area contributed by atoms with E-state index < -0.39 is 17.5 Å². The molecule has 4 nitrogen and oxygen atoms in total. The molecule has 0 saturated carbocycles. The molecule has 2 N–H and O–H groups in total. The number of carboxylic acids is 1. The van der Waals surface area contributed by atoms with Crippen LogP contribution in [-0.2, 0) is 4.79 Å². The average molecular weight is 240 g/mol. The summed E-state index contributed by atoms with van der Waals surface area (Å²) in [5, 5.41) is 17.5. The molecule has 0 amide bonds. The van der Waals surface area contributed by atoms with E-state index in [0.29, 0.717) is 12.8 Å². The molecule has 0 radical (unpaired) electrons. The fourth-order valence-corrected chi connectivity index (χ4v) is 1.39. The molecule has 0 aliphatic heterocycles. The van der Waals surface area contributed by atoms with E-state index in [4.69, 9.17) is 10.2 Å². The van der Waals surface area contributed by atoms with Gasteiger partial charge in [-0.15, -0.1) is 0 Å². The highest BCUT2D eigenvalue weighted by Gasteiger charge is 2.09. The highest BCUT2D eigenvalue weighted by molar-refractivity contribution is 5.96. The van der Waals surface area contributed by atoms with Gasteiger partial charge in [-0.1, -0.05) is 0 Å². The van der Waals surface area contributed by atoms with Crippen LogP contribution < -0.4 is 0 Å². The molecule has 0 unspecified atom stereocenters. The number of phenols is 1. The number of halogens is 1. The molecule has 0 spiro atoms. The van der Waals surface area contributed by atoms with Crippen LogP contribution in [-0.4, -0.2) is 22.0 Å². The molecule has 0 saturated heterocycles. The van der Waals surface area contributed by atoms with Crippen molar-refractivity contribution in [3.63, 3.8) is 0 Å². The summed E-state index contributed by atoms with van der Waals surface area (Å²) in [7, 11) is 0. The van der Waals surface area contributed by atoms with Crippen LogP contribution >= 0.6 is 0 Å². The van der Waals surface area contributed by atoms with Crippen molar-refractivity contribution < 1.29 is 24.2 Å². The van der Waals surface area contributed by atoms with Crippen molar-refractivity contribution in [2.45, 2.75) is 25.7 Å². The lowest BCUT2D eigenvalue weighted by molar-refractivity contribution is -0.137. The van der Waals surface area contributed by atoms with Gasteiger partial charge < -0.3 is 10.2 Å². The second-order valence-electron chi connectivity index (χ2n) is 3.69. The molecule has 0 bridgehead atoms. The standard InChI is InChI=1S/C12H13FO4/c13-9-6-5-8(7-11(9)15)10(14)3-1-2-4-12(16)17/h5-7,15H,1-4H2,(H,16,17). The lowest BCUT2D eigenvalue weighted by Crippen LogP contribution is -2.00. The van der Waals surface area contributed by atoms with E-state index in [2.05, 4.69) is 0 Å². The Bertz CT molecular complexity index is 429. The fourth-order valence-electron chi connectivity index (χ4n) is 1.39. The highest BCUT2D eigenvalue weighted by atomic mass is 19.1. The summed E-state index contributed by atoms with van der Waals surface area (Å²) < 4.78 is 12.7. The number of aromatic hydroxyl groups is 1. The maximum Gasteiger partial charge on any atom is 0.303 e. The summed E-state index contributed by atoms with van der Waals surface area (Å²) in [4.78, 5) is 21.8.